The van der Waals surface area contributed by atoms with Gasteiger partial charge in [0.15, 0.2) is 0 Å². The van der Waals surface area contributed by atoms with Gasteiger partial charge in [-0.3, -0.25) is 0 Å². The summed E-state index contributed by atoms with van der Waals surface area (Å²) in [5.74, 6) is 3.97. The van der Waals surface area contributed by atoms with Gasteiger partial charge in [-0.25, -0.2) is 0 Å². The largest absolute Gasteiger partial charge is 0.330 e. The van der Waals surface area contributed by atoms with Gasteiger partial charge in [-0.05, 0) is 81.6 Å². The van der Waals surface area contributed by atoms with Gasteiger partial charge in [0.1, 0.15) is 0 Å². The van der Waals surface area contributed by atoms with Crippen LogP contribution in [0.2, 0.25) is 0 Å². The van der Waals surface area contributed by atoms with Crippen molar-refractivity contribution in [3.8, 4) is 0 Å². The van der Waals surface area contributed by atoms with Crippen molar-refractivity contribution in [2.24, 2.45) is 40.3 Å². The fourth-order valence-corrected chi connectivity index (χ4v) is 4.09. The van der Waals surface area contributed by atoms with Crippen molar-refractivity contribution in [1.82, 2.24) is 5.32 Å². The number of hydrogen-bond acceptors (Lipinski definition) is 3. The minimum absolute atomic E-state index is 0.739. The van der Waals surface area contributed by atoms with Gasteiger partial charge in [0.05, 0.1) is 0 Å². The summed E-state index contributed by atoms with van der Waals surface area (Å²) in [5, 5.41) is 3.55. The Kier molecular flexibility index (Phi) is 14.6. The molecular formula is C21H45N3. The van der Waals surface area contributed by atoms with Crippen LogP contribution in [0.5, 0.6) is 0 Å². The predicted octanol–water partition coefficient (Wildman–Crippen LogP) is 4.76. The Bertz CT molecular complexity index is 293. The first-order chi connectivity index (χ1) is 11.5. The highest BCUT2D eigenvalue weighted by molar-refractivity contribution is 5.22. The second-order valence-electron chi connectivity index (χ2n) is 7.82. The molecule has 3 heteroatoms. The maximum Gasteiger partial charge on any atom is 0.0394 e. The van der Waals surface area contributed by atoms with Gasteiger partial charge in [-0.2, -0.15) is 0 Å². The van der Waals surface area contributed by atoms with E-state index in [1.807, 2.05) is 0 Å². The van der Waals surface area contributed by atoms with Crippen molar-refractivity contribution < 1.29 is 0 Å². The maximum absolute atomic E-state index is 5.93. The van der Waals surface area contributed by atoms with Crippen LogP contribution in [0, 0.1) is 29.6 Å². The van der Waals surface area contributed by atoms with E-state index in [1.165, 1.54) is 32.1 Å². The normalized spacial score (nSPS) is 17.9. The van der Waals surface area contributed by atoms with E-state index in [0.717, 1.165) is 62.2 Å². The summed E-state index contributed by atoms with van der Waals surface area (Å²) in [5.41, 5.74) is 5.93. The molecule has 0 aromatic rings. The van der Waals surface area contributed by atoms with E-state index < -0.39 is 0 Å². The molecule has 0 aliphatic heterocycles. The van der Waals surface area contributed by atoms with Crippen LogP contribution in [0.3, 0.4) is 0 Å². The predicted molar refractivity (Wildman–Crippen MR) is 110 cm³/mol. The van der Waals surface area contributed by atoms with Crippen LogP contribution in [0.1, 0.15) is 73.1 Å². The highest BCUT2D eigenvalue weighted by Crippen LogP contribution is 2.34. The summed E-state index contributed by atoms with van der Waals surface area (Å²) in [7, 11) is 0. The van der Waals surface area contributed by atoms with Gasteiger partial charge >= 0.3 is 0 Å². The number of nitrogens with one attached hydrogen (secondary N) is 1. The molecule has 5 atom stereocenters. The van der Waals surface area contributed by atoms with Crippen LogP contribution < -0.4 is 11.1 Å². The molecule has 0 saturated heterocycles. The third-order valence-electron chi connectivity index (χ3n) is 6.06. The lowest BCUT2D eigenvalue weighted by Gasteiger charge is -2.33. The Morgan fingerprint density at radius 2 is 1.67 bits per heavy atom. The van der Waals surface area contributed by atoms with E-state index >= 15 is 0 Å². The van der Waals surface area contributed by atoms with Crippen LogP contribution >= 0.6 is 0 Å². The van der Waals surface area contributed by atoms with Gasteiger partial charge in [-0.15, -0.1) is 0 Å². The first-order valence-electron chi connectivity index (χ1n) is 10.3. The number of rotatable bonds is 16. The Hall–Kier alpha value is -0.410. The molecule has 0 aromatic carbocycles. The second kappa shape index (κ2) is 14.9. The molecule has 0 aromatic heterocycles. The van der Waals surface area contributed by atoms with E-state index in [1.54, 1.807) is 0 Å². The lowest BCUT2D eigenvalue weighted by atomic mass is 9.73. The van der Waals surface area contributed by atoms with Gasteiger partial charge in [0, 0.05) is 6.54 Å². The van der Waals surface area contributed by atoms with Crippen molar-refractivity contribution in [1.29, 1.82) is 0 Å². The minimum atomic E-state index is 0.739. The molecule has 3 N–H and O–H groups in total. The maximum atomic E-state index is 5.93. The van der Waals surface area contributed by atoms with E-state index in [-0.39, 0.29) is 0 Å². The Labute approximate surface area is 152 Å². The quantitative estimate of drug-likeness (QED) is 0.315. The van der Waals surface area contributed by atoms with Gasteiger partial charge < -0.3 is 16.0 Å². The number of nitrogens with two attached hydrogens (primary N) is 1. The van der Waals surface area contributed by atoms with Crippen molar-refractivity contribution in [3.05, 3.63) is 0 Å². The molecule has 0 spiro atoms. The lowest BCUT2D eigenvalue weighted by Crippen LogP contribution is -2.28. The molecule has 0 aliphatic carbocycles. The third-order valence-corrected chi connectivity index (χ3v) is 6.06. The zero-order chi connectivity index (χ0) is 18.4. The fourth-order valence-electron chi connectivity index (χ4n) is 4.09. The second-order valence-corrected chi connectivity index (χ2v) is 7.82. The minimum Gasteiger partial charge on any atom is -0.330 e. The molecule has 5 unspecified atom stereocenters. The number of aliphatic imine (C=N–C) groups is 1. The summed E-state index contributed by atoms with van der Waals surface area (Å²) in [4.78, 5) is 3.90. The third kappa shape index (κ3) is 9.78. The lowest BCUT2D eigenvalue weighted by molar-refractivity contribution is 0.173. The Morgan fingerprint density at radius 1 is 0.958 bits per heavy atom. The van der Waals surface area contributed by atoms with Gasteiger partial charge in [0.25, 0.3) is 0 Å². The highest BCUT2D eigenvalue weighted by atomic mass is 14.9. The summed E-state index contributed by atoms with van der Waals surface area (Å²) >= 11 is 0. The first kappa shape index (κ1) is 23.6. The molecule has 0 heterocycles. The summed E-state index contributed by atoms with van der Waals surface area (Å²) in [6.07, 6.45) is 7.47. The van der Waals surface area contributed by atoms with E-state index in [4.69, 9.17) is 5.73 Å². The standard InChI is InChI=1S/C21H45N3/c1-7-17(3)20(8-2)16-19(5)21(10-12-22)18(4)11-15-24-14-9-13-23-6/h17-21,24H,6-16,22H2,1-5H3. The SMILES string of the molecule is C=NCCCNCCC(C)C(CCN)C(C)CC(CC)C(C)CC. The van der Waals surface area contributed by atoms with Crippen molar-refractivity contribution in [3.63, 3.8) is 0 Å². The fraction of sp³-hybridized carbons (Fsp3) is 0.952. The topological polar surface area (TPSA) is 50.4 Å². The van der Waals surface area contributed by atoms with Crippen LogP contribution in [0.4, 0.5) is 0 Å². The molecule has 0 aliphatic rings. The summed E-state index contributed by atoms with van der Waals surface area (Å²) < 4.78 is 0. The van der Waals surface area contributed by atoms with Crippen molar-refractivity contribution in [2.45, 2.75) is 73.1 Å². The molecular weight excluding hydrogens is 294 g/mol. The van der Waals surface area contributed by atoms with Crippen LogP contribution in [-0.2, 0) is 0 Å². The van der Waals surface area contributed by atoms with Crippen molar-refractivity contribution in [2.75, 3.05) is 26.2 Å². The average Bonchev–Trinajstić information content (AvgIpc) is 2.59. The molecule has 144 valence electrons. The average molecular weight is 340 g/mol. The Balaban J connectivity index is 4.39. The zero-order valence-electron chi connectivity index (χ0n) is 17.2. The molecule has 0 radical (unpaired) electrons. The smallest absolute Gasteiger partial charge is 0.0394 e. The summed E-state index contributed by atoms with van der Waals surface area (Å²) in [6, 6.07) is 0. The van der Waals surface area contributed by atoms with Gasteiger partial charge in [0.2, 0.25) is 0 Å². The van der Waals surface area contributed by atoms with Crippen LogP contribution in [0.15, 0.2) is 4.99 Å². The van der Waals surface area contributed by atoms with E-state index in [2.05, 4.69) is 51.6 Å². The molecule has 0 saturated carbocycles. The number of hydrogen-bond donors (Lipinski definition) is 2. The van der Waals surface area contributed by atoms with Crippen LogP contribution in [0.25, 0.3) is 0 Å². The molecule has 0 bridgehead atoms. The van der Waals surface area contributed by atoms with Gasteiger partial charge in [-0.1, -0.05) is 47.5 Å². The molecule has 3 nitrogen and oxygen atoms in total. The molecule has 0 fully saturated rings. The molecule has 0 rings (SSSR count). The molecule has 24 heavy (non-hydrogen) atoms. The van der Waals surface area contributed by atoms with Crippen LogP contribution in [-0.4, -0.2) is 32.9 Å². The van der Waals surface area contributed by atoms with E-state index in [9.17, 15) is 0 Å². The number of nitrogens with zero attached hydrogens (tertiary/aromatic N) is 1. The first-order valence-corrected chi connectivity index (χ1v) is 10.3. The zero-order valence-corrected chi connectivity index (χ0v) is 17.2. The monoisotopic (exact) mass is 339 g/mol. The molecule has 0 amide bonds. The van der Waals surface area contributed by atoms with Crippen molar-refractivity contribution >= 4 is 6.72 Å². The highest BCUT2D eigenvalue weighted by Gasteiger charge is 2.26. The van der Waals surface area contributed by atoms with E-state index in [0.29, 0.717) is 0 Å². The summed E-state index contributed by atoms with van der Waals surface area (Å²) in [6.45, 7) is 19.4. The Morgan fingerprint density at radius 3 is 2.21 bits per heavy atom.